The summed E-state index contributed by atoms with van der Waals surface area (Å²) in [5.74, 6) is 0.627. The van der Waals surface area contributed by atoms with Crippen LogP contribution >= 0.6 is 0 Å². The predicted octanol–water partition coefficient (Wildman–Crippen LogP) is 2.13. The smallest absolute Gasteiger partial charge is 0.239 e. The third kappa shape index (κ3) is 4.49. The van der Waals surface area contributed by atoms with Crippen LogP contribution in [0.15, 0.2) is 42.6 Å². The molecule has 0 aliphatic carbocycles. The van der Waals surface area contributed by atoms with Gasteiger partial charge in [-0.25, -0.2) is 0 Å². The summed E-state index contributed by atoms with van der Waals surface area (Å²) in [5.41, 5.74) is 2.75. The van der Waals surface area contributed by atoms with Crippen LogP contribution in [-0.2, 0) is 11.3 Å². The second kappa shape index (κ2) is 7.28. The number of hydrogen-bond acceptors (Lipinski definition) is 4. The molecule has 0 bridgehead atoms. The number of hydrogen-bond donors (Lipinski definition) is 2. The molecular formula is C16H19N3O2. The number of carbonyl (C=O) groups excluding carboxylic acids is 1. The standard InChI is InChI=1S/C16H19N3O2/c1-12-6-7-15(21-2)14(9-12)18-11-16(20)19-10-13-5-3-4-8-17-13/h3-9,18H,10-11H2,1-2H3,(H,19,20). The lowest BCUT2D eigenvalue weighted by atomic mass is 10.2. The number of aromatic nitrogens is 1. The van der Waals surface area contributed by atoms with Gasteiger partial charge in [-0.3, -0.25) is 9.78 Å². The van der Waals surface area contributed by atoms with Crippen molar-refractivity contribution in [3.05, 3.63) is 53.9 Å². The number of carbonyl (C=O) groups is 1. The average molecular weight is 285 g/mol. The fourth-order valence-electron chi connectivity index (χ4n) is 1.89. The Labute approximate surface area is 124 Å². The highest BCUT2D eigenvalue weighted by molar-refractivity contribution is 5.81. The Hall–Kier alpha value is -2.56. The monoisotopic (exact) mass is 285 g/mol. The number of nitrogens with one attached hydrogen (secondary N) is 2. The molecule has 1 aromatic carbocycles. The fourth-order valence-corrected chi connectivity index (χ4v) is 1.89. The van der Waals surface area contributed by atoms with Crippen molar-refractivity contribution < 1.29 is 9.53 Å². The normalized spacial score (nSPS) is 10.0. The molecule has 0 fully saturated rings. The van der Waals surface area contributed by atoms with Gasteiger partial charge in [-0.15, -0.1) is 0 Å². The van der Waals surface area contributed by atoms with Crippen LogP contribution in [-0.4, -0.2) is 24.5 Å². The quantitative estimate of drug-likeness (QED) is 0.853. The summed E-state index contributed by atoms with van der Waals surface area (Å²) < 4.78 is 5.26. The maximum absolute atomic E-state index is 11.8. The molecule has 0 radical (unpaired) electrons. The summed E-state index contributed by atoms with van der Waals surface area (Å²) in [5, 5.41) is 5.90. The van der Waals surface area contributed by atoms with Gasteiger partial charge < -0.3 is 15.4 Å². The van der Waals surface area contributed by atoms with Crippen molar-refractivity contribution >= 4 is 11.6 Å². The molecule has 0 saturated carbocycles. The van der Waals surface area contributed by atoms with Crippen LogP contribution in [0, 0.1) is 6.92 Å². The van der Waals surface area contributed by atoms with Gasteiger partial charge in [0.1, 0.15) is 5.75 Å². The molecule has 1 aromatic heterocycles. The van der Waals surface area contributed by atoms with E-state index in [1.165, 1.54) is 0 Å². The first-order valence-electron chi connectivity index (χ1n) is 6.74. The lowest BCUT2D eigenvalue weighted by Gasteiger charge is -2.12. The molecule has 5 nitrogen and oxygen atoms in total. The summed E-state index contributed by atoms with van der Waals surface area (Å²) in [6, 6.07) is 11.4. The molecule has 0 atom stereocenters. The third-order valence-corrected chi connectivity index (χ3v) is 2.99. The van der Waals surface area contributed by atoms with Crippen LogP contribution in [0.4, 0.5) is 5.69 Å². The number of methoxy groups -OCH3 is 1. The molecule has 0 spiro atoms. The molecule has 2 N–H and O–H groups in total. The van der Waals surface area contributed by atoms with Gasteiger partial charge >= 0.3 is 0 Å². The van der Waals surface area contributed by atoms with E-state index in [1.54, 1.807) is 13.3 Å². The molecule has 0 aliphatic rings. The Morgan fingerprint density at radius 2 is 2.14 bits per heavy atom. The van der Waals surface area contributed by atoms with Crippen molar-refractivity contribution in [3.63, 3.8) is 0 Å². The van der Waals surface area contributed by atoms with Crippen LogP contribution in [0.25, 0.3) is 0 Å². The molecule has 2 aromatic rings. The fraction of sp³-hybridized carbons (Fsp3) is 0.250. The van der Waals surface area contributed by atoms with Crippen molar-refractivity contribution in [2.75, 3.05) is 19.0 Å². The first-order chi connectivity index (χ1) is 10.2. The molecule has 110 valence electrons. The highest BCUT2D eigenvalue weighted by Crippen LogP contribution is 2.24. The van der Waals surface area contributed by atoms with Crippen LogP contribution < -0.4 is 15.4 Å². The maximum Gasteiger partial charge on any atom is 0.239 e. The van der Waals surface area contributed by atoms with E-state index in [0.29, 0.717) is 6.54 Å². The lowest BCUT2D eigenvalue weighted by Crippen LogP contribution is -2.29. The van der Waals surface area contributed by atoms with Crippen molar-refractivity contribution in [2.45, 2.75) is 13.5 Å². The van der Waals surface area contributed by atoms with Crippen LogP contribution in [0.2, 0.25) is 0 Å². The maximum atomic E-state index is 11.8. The Kier molecular flexibility index (Phi) is 5.15. The van der Waals surface area contributed by atoms with E-state index >= 15 is 0 Å². The van der Waals surface area contributed by atoms with Crippen LogP contribution in [0.1, 0.15) is 11.3 Å². The molecule has 1 heterocycles. The van der Waals surface area contributed by atoms with Gasteiger partial charge in [-0.1, -0.05) is 12.1 Å². The largest absolute Gasteiger partial charge is 0.495 e. The van der Waals surface area contributed by atoms with Crippen molar-refractivity contribution in [2.24, 2.45) is 0 Å². The zero-order valence-corrected chi connectivity index (χ0v) is 12.2. The van der Waals surface area contributed by atoms with Crippen molar-refractivity contribution in [3.8, 4) is 5.75 Å². The van der Waals surface area contributed by atoms with E-state index in [2.05, 4.69) is 15.6 Å². The highest BCUT2D eigenvalue weighted by Gasteiger charge is 2.06. The number of anilines is 1. The summed E-state index contributed by atoms with van der Waals surface area (Å²) in [4.78, 5) is 16.0. The predicted molar refractivity (Wildman–Crippen MR) is 82.3 cm³/mol. The number of aryl methyl sites for hydroxylation is 1. The van der Waals surface area contributed by atoms with Gasteiger partial charge in [-0.05, 0) is 36.8 Å². The molecule has 1 amide bonds. The van der Waals surface area contributed by atoms with E-state index in [9.17, 15) is 4.79 Å². The minimum absolute atomic E-state index is 0.0933. The second-order valence-electron chi connectivity index (χ2n) is 4.66. The Morgan fingerprint density at radius 3 is 2.86 bits per heavy atom. The summed E-state index contributed by atoms with van der Waals surface area (Å²) in [7, 11) is 1.61. The van der Waals surface area contributed by atoms with Crippen LogP contribution in [0.5, 0.6) is 5.75 Å². The van der Waals surface area contributed by atoms with Gasteiger partial charge in [0.15, 0.2) is 0 Å². The van der Waals surface area contributed by atoms with E-state index in [1.807, 2.05) is 43.3 Å². The Bertz CT molecular complexity index is 600. The third-order valence-electron chi connectivity index (χ3n) is 2.99. The second-order valence-corrected chi connectivity index (χ2v) is 4.66. The zero-order chi connectivity index (χ0) is 15.1. The molecule has 5 heteroatoms. The average Bonchev–Trinajstić information content (AvgIpc) is 2.52. The highest BCUT2D eigenvalue weighted by atomic mass is 16.5. The first kappa shape index (κ1) is 14.8. The number of ether oxygens (including phenoxy) is 1. The van der Waals surface area contributed by atoms with Crippen molar-refractivity contribution in [1.29, 1.82) is 0 Å². The molecule has 0 saturated heterocycles. The first-order valence-corrected chi connectivity index (χ1v) is 6.74. The number of rotatable bonds is 6. The lowest BCUT2D eigenvalue weighted by molar-refractivity contribution is -0.119. The number of nitrogens with zero attached hydrogens (tertiary/aromatic N) is 1. The topological polar surface area (TPSA) is 63.2 Å². The number of amides is 1. The van der Waals surface area contributed by atoms with E-state index in [4.69, 9.17) is 4.74 Å². The van der Waals surface area contributed by atoms with E-state index in [-0.39, 0.29) is 12.5 Å². The van der Waals surface area contributed by atoms with E-state index in [0.717, 1.165) is 22.7 Å². The molecular weight excluding hydrogens is 266 g/mol. The van der Waals surface area contributed by atoms with Crippen LogP contribution in [0.3, 0.4) is 0 Å². The summed E-state index contributed by atoms with van der Waals surface area (Å²) >= 11 is 0. The van der Waals surface area contributed by atoms with Gasteiger partial charge in [0.25, 0.3) is 0 Å². The number of pyridine rings is 1. The molecule has 21 heavy (non-hydrogen) atoms. The minimum Gasteiger partial charge on any atom is -0.495 e. The Morgan fingerprint density at radius 1 is 1.29 bits per heavy atom. The minimum atomic E-state index is -0.0933. The molecule has 0 unspecified atom stereocenters. The van der Waals surface area contributed by atoms with E-state index < -0.39 is 0 Å². The van der Waals surface area contributed by atoms with Crippen molar-refractivity contribution in [1.82, 2.24) is 10.3 Å². The number of benzene rings is 1. The molecule has 0 aliphatic heterocycles. The zero-order valence-electron chi connectivity index (χ0n) is 12.2. The Balaban J connectivity index is 1.85. The summed E-state index contributed by atoms with van der Waals surface area (Å²) in [6.07, 6.45) is 1.71. The van der Waals surface area contributed by atoms with Gasteiger partial charge in [0.05, 0.1) is 31.6 Å². The SMILES string of the molecule is COc1ccc(C)cc1NCC(=O)NCc1ccccn1. The van der Waals surface area contributed by atoms with Gasteiger partial charge in [0.2, 0.25) is 5.91 Å². The van der Waals surface area contributed by atoms with Gasteiger partial charge in [-0.2, -0.15) is 0 Å². The summed E-state index contributed by atoms with van der Waals surface area (Å²) in [6.45, 7) is 2.60. The molecule has 2 rings (SSSR count). The van der Waals surface area contributed by atoms with Gasteiger partial charge in [0, 0.05) is 6.20 Å².